The molecule has 2 heterocycles. The summed E-state index contributed by atoms with van der Waals surface area (Å²) < 4.78 is 27.0. The van der Waals surface area contributed by atoms with Crippen molar-refractivity contribution in [2.75, 3.05) is 4.72 Å². The van der Waals surface area contributed by atoms with Crippen molar-refractivity contribution in [1.29, 1.82) is 0 Å². The van der Waals surface area contributed by atoms with E-state index in [-0.39, 0.29) is 16.9 Å². The second kappa shape index (κ2) is 6.02. The molecule has 0 saturated heterocycles. The summed E-state index contributed by atoms with van der Waals surface area (Å²) in [5.41, 5.74) is 0.585. The number of aromatic amines is 1. The van der Waals surface area contributed by atoms with Gasteiger partial charge in [0.1, 0.15) is 5.82 Å². The van der Waals surface area contributed by atoms with Crippen molar-refractivity contribution in [3.05, 3.63) is 36.2 Å². The van der Waals surface area contributed by atoms with Crippen LogP contribution in [0.2, 0.25) is 0 Å². The first-order valence-corrected chi connectivity index (χ1v) is 7.67. The summed E-state index contributed by atoms with van der Waals surface area (Å²) in [6, 6.07) is 5.26. The number of H-pyrrole nitrogens is 1. The maximum absolute atomic E-state index is 12.3. The lowest BCUT2D eigenvalue weighted by atomic mass is 10.3. The van der Waals surface area contributed by atoms with Crippen LogP contribution in [0, 0.1) is 0 Å². The van der Waals surface area contributed by atoms with E-state index in [9.17, 15) is 8.42 Å². The topological polar surface area (TPSA) is 99.8 Å². The fourth-order valence-electron chi connectivity index (χ4n) is 1.58. The first kappa shape index (κ1) is 14.5. The predicted molar refractivity (Wildman–Crippen MR) is 75.6 cm³/mol. The van der Waals surface area contributed by atoms with Gasteiger partial charge in [0, 0.05) is 24.3 Å². The molecular formula is C12H17N5O2S. The van der Waals surface area contributed by atoms with Crippen LogP contribution in [0.5, 0.6) is 0 Å². The fraction of sp³-hybridized carbons (Fsp3) is 0.333. The van der Waals surface area contributed by atoms with Gasteiger partial charge in [0.05, 0.1) is 6.20 Å². The highest BCUT2D eigenvalue weighted by atomic mass is 32.2. The van der Waals surface area contributed by atoms with E-state index in [4.69, 9.17) is 0 Å². The normalized spacial score (nSPS) is 11.8. The molecule has 0 radical (unpaired) electrons. The Hall–Kier alpha value is -1.93. The average molecular weight is 295 g/mol. The minimum atomic E-state index is -3.72. The minimum Gasteiger partial charge on any atom is -0.310 e. The summed E-state index contributed by atoms with van der Waals surface area (Å²) in [5.74, 6) is 0.268. The van der Waals surface area contributed by atoms with Crippen LogP contribution in [-0.4, -0.2) is 29.6 Å². The van der Waals surface area contributed by atoms with Gasteiger partial charge in [-0.25, -0.2) is 4.98 Å². The smallest absolute Gasteiger partial charge is 0.280 e. The van der Waals surface area contributed by atoms with Gasteiger partial charge in [0.25, 0.3) is 10.0 Å². The van der Waals surface area contributed by atoms with Crippen LogP contribution in [0.25, 0.3) is 0 Å². The number of nitrogens with zero attached hydrogens (tertiary/aromatic N) is 2. The first-order chi connectivity index (χ1) is 9.49. The Morgan fingerprint density at radius 1 is 1.35 bits per heavy atom. The number of nitrogens with one attached hydrogen (secondary N) is 3. The zero-order valence-corrected chi connectivity index (χ0v) is 12.1. The van der Waals surface area contributed by atoms with E-state index in [1.54, 1.807) is 18.2 Å². The van der Waals surface area contributed by atoms with Crippen LogP contribution in [0.15, 0.2) is 35.6 Å². The molecule has 0 aromatic carbocycles. The summed E-state index contributed by atoms with van der Waals surface area (Å²) in [6.45, 7) is 4.40. The number of anilines is 1. The fourth-order valence-corrected chi connectivity index (χ4v) is 2.72. The molecule has 0 amide bonds. The molecule has 2 aromatic heterocycles. The van der Waals surface area contributed by atoms with Crippen LogP contribution < -0.4 is 10.0 Å². The SMILES string of the molecule is CC(C)NCc1cn[nH]c1S(=O)(=O)Nc1ccccn1. The van der Waals surface area contributed by atoms with Gasteiger partial charge in [-0.15, -0.1) is 0 Å². The Labute approximate surface area is 117 Å². The number of hydrogen-bond donors (Lipinski definition) is 3. The van der Waals surface area contributed by atoms with Crippen molar-refractivity contribution in [2.45, 2.75) is 31.5 Å². The zero-order valence-electron chi connectivity index (χ0n) is 11.3. The molecule has 0 unspecified atom stereocenters. The largest absolute Gasteiger partial charge is 0.310 e. The quantitative estimate of drug-likeness (QED) is 0.741. The summed E-state index contributed by atoms with van der Waals surface area (Å²) in [7, 11) is -3.72. The molecule has 0 atom stereocenters. The molecule has 3 N–H and O–H groups in total. The summed E-state index contributed by atoms with van der Waals surface area (Å²) >= 11 is 0. The predicted octanol–water partition coefficient (Wildman–Crippen LogP) is 1.10. The van der Waals surface area contributed by atoms with Gasteiger partial charge in [-0.3, -0.25) is 9.82 Å². The zero-order chi connectivity index (χ0) is 14.6. The minimum absolute atomic E-state index is 0.0521. The van der Waals surface area contributed by atoms with E-state index in [0.717, 1.165) is 0 Å². The number of hydrogen-bond acceptors (Lipinski definition) is 5. The highest BCUT2D eigenvalue weighted by molar-refractivity contribution is 7.92. The maximum atomic E-state index is 12.3. The summed E-state index contributed by atoms with van der Waals surface area (Å²) in [4.78, 5) is 3.94. The van der Waals surface area contributed by atoms with Crippen LogP contribution in [0.1, 0.15) is 19.4 Å². The molecule has 0 aliphatic carbocycles. The third-order valence-corrected chi connectivity index (χ3v) is 3.92. The lowest BCUT2D eigenvalue weighted by molar-refractivity contribution is 0.574. The molecule has 0 fully saturated rings. The van der Waals surface area contributed by atoms with Gasteiger partial charge >= 0.3 is 0 Å². The second-order valence-electron chi connectivity index (χ2n) is 4.58. The van der Waals surface area contributed by atoms with E-state index < -0.39 is 10.0 Å². The Bertz CT molecular complexity index is 651. The number of rotatable bonds is 6. The van der Waals surface area contributed by atoms with Crippen LogP contribution in [0.4, 0.5) is 5.82 Å². The molecule has 2 rings (SSSR count). The Morgan fingerprint density at radius 3 is 2.80 bits per heavy atom. The number of sulfonamides is 1. The number of aromatic nitrogens is 3. The van der Waals surface area contributed by atoms with Crippen molar-refractivity contribution in [3.8, 4) is 0 Å². The monoisotopic (exact) mass is 295 g/mol. The van der Waals surface area contributed by atoms with Crippen molar-refractivity contribution < 1.29 is 8.42 Å². The van der Waals surface area contributed by atoms with E-state index in [1.807, 2.05) is 13.8 Å². The Balaban J connectivity index is 2.20. The molecule has 0 saturated carbocycles. The third kappa shape index (κ3) is 3.55. The van der Waals surface area contributed by atoms with E-state index >= 15 is 0 Å². The van der Waals surface area contributed by atoms with Crippen molar-refractivity contribution >= 4 is 15.8 Å². The van der Waals surface area contributed by atoms with Crippen LogP contribution >= 0.6 is 0 Å². The lowest BCUT2D eigenvalue weighted by Crippen LogP contribution is -2.23. The molecule has 2 aromatic rings. The van der Waals surface area contributed by atoms with Crippen molar-refractivity contribution in [2.24, 2.45) is 0 Å². The molecule has 0 bridgehead atoms. The van der Waals surface area contributed by atoms with Gasteiger partial charge in [0.15, 0.2) is 5.03 Å². The van der Waals surface area contributed by atoms with E-state index in [1.165, 1.54) is 12.4 Å². The highest BCUT2D eigenvalue weighted by Crippen LogP contribution is 2.15. The molecule has 0 aliphatic heterocycles. The van der Waals surface area contributed by atoms with Crippen molar-refractivity contribution in [3.63, 3.8) is 0 Å². The lowest BCUT2D eigenvalue weighted by Gasteiger charge is -2.09. The molecule has 0 spiro atoms. The average Bonchev–Trinajstić information content (AvgIpc) is 2.86. The number of pyridine rings is 1. The molecule has 0 aliphatic rings. The van der Waals surface area contributed by atoms with Gasteiger partial charge in [-0.2, -0.15) is 13.5 Å². The maximum Gasteiger partial charge on any atom is 0.280 e. The molecule has 8 heteroatoms. The molecular weight excluding hydrogens is 278 g/mol. The van der Waals surface area contributed by atoms with Gasteiger partial charge in [-0.1, -0.05) is 19.9 Å². The Morgan fingerprint density at radius 2 is 2.15 bits per heavy atom. The standard InChI is InChI=1S/C12H17N5O2S/c1-9(2)14-7-10-8-15-16-12(10)20(18,19)17-11-5-3-4-6-13-11/h3-6,8-9,14H,7H2,1-2H3,(H,13,17)(H,15,16). The summed E-state index contributed by atoms with van der Waals surface area (Å²) in [6.07, 6.45) is 3.02. The molecule has 7 nitrogen and oxygen atoms in total. The summed E-state index contributed by atoms with van der Waals surface area (Å²) in [5, 5.41) is 9.53. The van der Waals surface area contributed by atoms with Gasteiger partial charge < -0.3 is 5.32 Å². The molecule has 108 valence electrons. The van der Waals surface area contributed by atoms with E-state index in [2.05, 4.69) is 25.2 Å². The molecule has 20 heavy (non-hydrogen) atoms. The van der Waals surface area contributed by atoms with Crippen LogP contribution in [-0.2, 0) is 16.6 Å². The highest BCUT2D eigenvalue weighted by Gasteiger charge is 2.21. The first-order valence-electron chi connectivity index (χ1n) is 6.18. The van der Waals surface area contributed by atoms with Gasteiger partial charge in [0.2, 0.25) is 0 Å². The van der Waals surface area contributed by atoms with Crippen LogP contribution in [0.3, 0.4) is 0 Å². The second-order valence-corrected chi connectivity index (χ2v) is 6.20. The van der Waals surface area contributed by atoms with Crippen molar-refractivity contribution in [1.82, 2.24) is 20.5 Å². The van der Waals surface area contributed by atoms with E-state index in [0.29, 0.717) is 12.1 Å². The third-order valence-electron chi connectivity index (χ3n) is 2.55. The van der Waals surface area contributed by atoms with Gasteiger partial charge in [-0.05, 0) is 12.1 Å². The Kier molecular flexibility index (Phi) is 4.35.